The third-order valence-electron chi connectivity index (χ3n) is 5.87. The van der Waals surface area contributed by atoms with Crippen molar-refractivity contribution in [2.45, 2.75) is 44.1 Å². The highest BCUT2D eigenvalue weighted by molar-refractivity contribution is 5.97. The van der Waals surface area contributed by atoms with E-state index in [9.17, 15) is 4.79 Å². The Kier molecular flexibility index (Phi) is 3.94. The van der Waals surface area contributed by atoms with Gasteiger partial charge in [0, 0.05) is 11.1 Å². The van der Waals surface area contributed by atoms with Gasteiger partial charge in [0.05, 0.1) is 0 Å². The Morgan fingerprint density at radius 1 is 1.12 bits per heavy atom. The number of amides is 1. The summed E-state index contributed by atoms with van der Waals surface area (Å²) in [5.41, 5.74) is 6.67. The van der Waals surface area contributed by atoms with Crippen LogP contribution in [0.25, 0.3) is 0 Å². The number of rotatable bonds is 5. The van der Waals surface area contributed by atoms with Crippen LogP contribution >= 0.6 is 0 Å². The van der Waals surface area contributed by atoms with Crippen LogP contribution in [-0.2, 0) is 9.63 Å². The third kappa shape index (κ3) is 3.12. The standard InChI is InChI=1S/C19H25N3O2/c20-18(16-4-2-1-3-5-16)22-24-12-17(23)21-19-9-13-6-14(10-19)8-15(7-13)11-19/h1-5,13-15H,6-12H2,(H2,20,22)(H,21,23). The number of carbonyl (C=O) groups is 1. The molecule has 4 aliphatic rings. The summed E-state index contributed by atoms with van der Waals surface area (Å²) < 4.78 is 0. The smallest absolute Gasteiger partial charge is 0.261 e. The molecule has 4 aliphatic carbocycles. The number of amidine groups is 1. The first-order valence-corrected chi connectivity index (χ1v) is 8.94. The van der Waals surface area contributed by atoms with Gasteiger partial charge in [0.25, 0.3) is 5.91 Å². The zero-order valence-corrected chi connectivity index (χ0v) is 13.9. The van der Waals surface area contributed by atoms with Crippen LogP contribution in [0.2, 0.25) is 0 Å². The molecule has 5 nitrogen and oxygen atoms in total. The zero-order chi connectivity index (χ0) is 16.6. The molecule has 0 aliphatic heterocycles. The van der Waals surface area contributed by atoms with Gasteiger partial charge in [-0.05, 0) is 56.3 Å². The van der Waals surface area contributed by atoms with E-state index in [1.807, 2.05) is 30.3 Å². The van der Waals surface area contributed by atoms with Crippen LogP contribution in [0.5, 0.6) is 0 Å². The molecule has 1 amide bonds. The number of benzene rings is 1. The third-order valence-corrected chi connectivity index (χ3v) is 5.87. The summed E-state index contributed by atoms with van der Waals surface area (Å²) in [5, 5.41) is 7.13. The first-order valence-electron chi connectivity index (χ1n) is 8.94. The minimum atomic E-state index is -0.0819. The van der Waals surface area contributed by atoms with E-state index in [4.69, 9.17) is 10.6 Å². The second-order valence-electron chi connectivity index (χ2n) is 7.86. The molecule has 0 aromatic heterocycles. The number of oxime groups is 1. The van der Waals surface area contributed by atoms with E-state index in [0.29, 0.717) is 5.84 Å². The maximum absolute atomic E-state index is 12.3. The molecular formula is C19H25N3O2. The van der Waals surface area contributed by atoms with Gasteiger partial charge in [0.15, 0.2) is 12.4 Å². The van der Waals surface area contributed by atoms with Crippen LogP contribution in [-0.4, -0.2) is 23.9 Å². The molecule has 3 N–H and O–H groups in total. The van der Waals surface area contributed by atoms with Crippen molar-refractivity contribution in [2.75, 3.05) is 6.61 Å². The lowest BCUT2D eigenvalue weighted by Gasteiger charge is -2.56. The molecule has 0 saturated heterocycles. The number of carbonyl (C=O) groups excluding carboxylic acids is 1. The van der Waals surface area contributed by atoms with E-state index in [-0.39, 0.29) is 18.1 Å². The molecule has 128 valence electrons. The van der Waals surface area contributed by atoms with Crippen LogP contribution in [0.1, 0.15) is 44.1 Å². The fraction of sp³-hybridized carbons (Fsp3) is 0.579. The molecular weight excluding hydrogens is 302 g/mol. The lowest BCUT2D eigenvalue weighted by Crippen LogP contribution is -2.60. The van der Waals surface area contributed by atoms with Gasteiger partial charge in [-0.1, -0.05) is 35.5 Å². The lowest BCUT2D eigenvalue weighted by atomic mass is 9.53. The van der Waals surface area contributed by atoms with Gasteiger partial charge in [0.1, 0.15) is 0 Å². The van der Waals surface area contributed by atoms with Crippen LogP contribution in [0.15, 0.2) is 35.5 Å². The van der Waals surface area contributed by atoms with E-state index in [0.717, 1.165) is 42.6 Å². The van der Waals surface area contributed by atoms with Gasteiger partial charge in [-0.15, -0.1) is 0 Å². The van der Waals surface area contributed by atoms with Crippen LogP contribution in [0, 0.1) is 17.8 Å². The van der Waals surface area contributed by atoms with Crippen LogP contribution in [0.3, 0.4) is 0 Å². The maximum atomic E-state index is 12.3. The van der Waals surface area contributed by atoms with Gasteiger partial charge in [-0.3, -0.25) is 4.79 Å². The number of nitrogens with zero attached hydrogens (tertiary/aromatic N) is 1. The maximum Gasteiger partial charge on any atom is 0.261 e. The van der Waals surface area contributed by atoms with Gasteiger partial charge in [-0.2, -0.15) is 0 Å². The van der Waals surface area contributed by atoms with Gasteiger partial charge >= 0.3 is 0 Å². The predicted octanol–water partition coefficient (Wildman–Crippen LogP) is 2.41. The Labute approximate surface area is 142 Å². The van der Waals surface area contributed by atoms with E-state index >= 15 is 0 Å². The molecule has 24 heavy (non-hydrogen) atoms. The van der Waals surface area contributed by atoms with Crippen molar-refractivity contribution < 1.29 is 9.63 Å². The summed E-state index contributed by atoms with van der Waals surface area (Å²) in [5.74, 6) is 2.64. The van der Waals surface area contributed by atoms with E-state index < -0.39 is 0 Å². The van der Waals surface area contributed by atoms with Gasteiger partial charge in [-0.25, -0.2) is 0 Å². The molecule has 5 heteroatoms. The lowest BCUT2D eigenvalue weighted by molar-refractivity contribution is -0.131. The topological polar surface area (TPSA) is 76.7 Å². The molecule has 0 spiro atoms. The first-order chi connectivity index (χ1) is 11.6. The highest BCUT2D eigenvalue weighted by Gasteiger charge is 2.51. The number of nitrogens with two attached hydrogens (primary N) is 1. The summed E-state index contributed by atoms with van der Waals surface area (Å²) in [7, 11) is 0. The molecule has 1 aromatic rings. The molecule has 5 rings (SSSR count). The van der Waals surface area contributed by atoms with Crippen molar-refractivity contribution >= 4 is 11.7 Å². The molecule has 0 heterocycles. The predicted molar refractivity (Wildman–Crippen MR) is 92.2 cm³/mol. The molecule has 1 aromatic carbocycles. The van der Waals surface area contributed by atoms with Crippen molar-refractivity contribution in [3.63, 3.8) is 0 Å². The SMILES string of the molecule is N/C(=N\OCC(=O)NC12CC3CC(CC(C3)C1)C2)c1ccccc1. The van der Waals surface area contributed by atoms with Crippen molar-refractivity contribution in [1.29, 1.82) is 0 Å². The first kappa shape index (κ1) is 15.5. The van der Waals surface area contributed by atoms with E-state index in [1.54, 1.807) is 0 Å². The summed E-state index contributed by atoms with van der Waals surface area (Å²) >= 11 is 0. The Morgan fingerprint density at radius 2 is 1.71 bits per heavy atom. The Balaban J connectivity index is 1.31. The van der Waals surface area contributed by atoms with Crippen molar-refractivity contribution in [3.8, 4) is 0 Å². The van der Waals surface area contributed by atoms with E-state index in [1.165, 1.54) is 19.3 Å². The fourth-order valence-corrected chi connectivity index (χ4v) is 5.42. The summed E-state index contributed by atoms with van der Waals surface area (Å²) in [6, 6.07) is 9.40. The Morgan fingerprint density at radius 3 is 2.29 bits per heavy atom. The second kappa shape index (κ2) is 6.11. The summed E-state index contributed by atoms with van der Waals surface area (Å²) in [6.45, 7) is -0.0741. The normalized spacial score (nSPS) is 34.2. The fourth-order valence-electron chi connectivity index (χ4n) is 5.42. The average molecular weight is 327 g/mol. The van der Waals surface area contributed by atoms with E-state index in [2.05, 4.69) is 10.5 Å². The Hall–Kier alpha value is -2.04. The monoisotopic (exact) mass is 327 g/mol. The quantitative estimate of drug-likeness (QED) is 0.495. The van der Waals surface area contributed by atoms with Gasteiger partial charge < -0.3 is 15.9 Å². The number of nitrogens with one attached hydrogen (secondary N) is 1. The second-order valence-corrected chi connectivity index (χ2v) is 7.86. The molecule has 0 radical (unpaired) electrons. The largest absolute Gasteiger partial charge is 0.384 e. The number of hydrogen-bond donors (Lipinski definition) is 2. The molecule has 4 fully saturated rings. The Bertz CT molecular complexity index is 606. The van der Waals surface area contributed by atoms with Gasteiger partial charge in [0.2, 0.25) is 0 Å². The summed E-state index contributed by atoms with van der Waals surface area (Å²) in [4.78, 5) is 17.5. The van der Waals surface area contributed by atoms with Crippen molar-refractivity contribution in [3.05, 3.63) is 35.9 Å². The average Bonchev–Trinajstić information content (AvgIpc) is 2.53. The highest BCUT2D eigenvalue weighted by Crippen LogP contribution is 2.55. The zero-order valence-electron chi connectivity index (χ0n) is 13.9. The van der Waals surface area contributed by atoms with Crippen LogP contribution in [0.4, 0.5) is 0 Å². The summed E-state index contributed by atoms with van der Waals surface area (Å²) in [6.07, 6.45) is 7.51. The molecule has 4 bridgehead atoms. The molecule has 4 saturated carbocycles. The molecule has 0 unspecified atom stereocenters. The van der Waals surface area contributed by atoms with Crippen molar-refractivity contribution in [1.82, 2.24) is 5.32 Å². The number of hydrogen-bond acceptors (Lipinski definition) is 3. The highest BCUT2D eigenvalue weighted by atomic mass is 16.6. The van der Waals surface area contributed by atoms with Crippen LogP contribution < -0.4 is 11.1 Å². The minimum Gasteiger partial charge on any atom is -0.384 e. The minimum absolute atomic E-state index is 0.0177. The van der Waals surface area contributed by atoms with Crippen molar-refractivity contribution in [2.24, 2.45) is 28.6 Å². The molecule has 0 atom stereocenters.